The highest BCUT2D eigenvalue weighted by Crippen LogP contribution is 2.22. The molecule has 1 aromatic heterocycles. The highest BCUT2D eigenvalue weighted by Gasteiger charge is 2.33. The summed E-state index contributed by atoms with van der Waals surface area (Å²) < 4.78 is 0. The van der Waals surface area contributed by atoms with Crippen molar-refractivity contribution in [3.8, 4) is 0 Å². The highest BCUT2D eigenvalue weighted by atomic mass is 15.1. The zero-order chi connectivity index (χ0) is 9.42. The van der Waals surface area contributed by atoms with Crippen molar-refractivity contribution in [2.75, 3.05) is 5.32 Å². The summed E-state index contributed by atoms with van der Waals surface area (Å²) in [5.74, 6) is 1.69. The molecule has 4 nitrogen and oxygen atoms in total. The Hall–Kier alpha value is -1.16. The van der Waals surface area contributed by atoms with E-state index in [0.29, 0.717) is 12.1 Å². The summed E-state index contributed by atoms with van der Waals surface area (Å²) in [6.45, 7) is 3.86. The first-order valence-corrected chi connectivity index (χ1v) is 4.49. The fraction of sp³-hybridized carbons (Fsp3) is 0.556. The molecule has 4 heteroatoms. The van der Waals surface area contributed by atoms with Crippen molar-refractivity contribution in [1.29, 1.82) is 0 Å². The van der Waals surface area contributed by atoms with Gasteiger partial charge in [0.1, 0.15) is 11.6 Å². The summed E-state index contributed by atoms with van der Waals surface area (Å²) in [6, 6.07) is 2.65. The standard InChI is InChI=1S/C9H14N4/c1-5-3-9(12-6(2)11-5)13-8-4-7(8)10/h3,7-8H,4,10H2,1-2H3,(H,11,12,13). The molecule has 3 N–H and O–H groups in total. The van der Waals surface area contributed by atoms with Crippen LogP contribution in [0.1, 0.15) is 17.9 Å². The van der Waals surface area contributed by atoms with Gasteiger partial charge < -0.3 is 11.1 Å². The Morgan fingerprint density at radius 1 is 1.46 bits per heavy atom. The summed E-state index contributed by atoms with van der Waals surface area (Å²) >= 11 is 0. The van der Waals surface area contributed by atoms with E-state index in [9.17, 15) is 0 Å². The molecular formula is C9H14N4. The van der Waals surface area contributed by atoms with E-state index in [1.54, 1.807) is 0 Å². The molecule has 1 saturated carbocycles. The van der Waals surface area contributed by atoms with Crippen LogP contribution < -0.4 is 11.1 Å². The van der Waals surface area contributed by atoms with Gasteiger partial charge in [-0.05, 0) is 20.3 Å². The molecule has 1 heterocycles. The summed E-state index contributed by atoms with van der Waals surface area (Å²) in [5, 5.41) is 3.27. The molecule has 13 heavy (non-hydrogen) atoms. The molecular weight excluding hydrogens is 164 g/mol. The Morgan fingerprint density at radius 3 is 2.69 bits per heavy atom. The lowest BCUT2D eigenvalue weighted by Gasteiger charge is -2.05. The van der Waals surface area contributed by atoms with Gasteiger partial charge in [0, 0.05) is 23.8 Å². The largest absolute Gasteiger partial charge is 0.366 e. The normalized spacial score (nSPS) is 25.8. The Morgan fingerprint density at radius 2 is 2.15 bits per heavy atom. The number of anilines is 1. The molecule has 2 rings (SSSR count). The fourth-order valence-electron chi connectivity index (χ4n) is 1.36. The van der Waals surface area contributed by atoms with Gasteiger partial charge in [-0.2, -0.15) is 0 Å². The SMILES string of the molecule is Cc1cc(NC2CC2N)nc(C)n1. The van der Waals surface area contributed by atoms with Crippen LogP contribution in [0.3, 0.4) is 0 Å². The molecule has 0 spiro atoms. The average Bonchev–Trinajstić information content (AvgIpc) is 2.63. The highest BCUT2D eigenvalue weighted by molar-refractivity contribution is 5.39. The number of hydrogen-bond donors (Lipinski definition) is 2. The molecule has 0 amide bonds. The Bertz CT molecular complexity index is 303. The number of nitrogens with zero attached hydrogens (tertiary/aromatic N) is 2. The van der Waals surface area contributed by atoms with Gasteiger partial charge in [0.2, 0.25) is 0 Å². The number of nitrogens with one attached hydrogen (secondary N) is 1. The van der Waals surface area contributed by atoms with Gasteiger partial charge in [0.15, 0.2) is 0 Å². The number of hydrogen-bond acceptors (Lipinski definition) is 4. The van der Waals surface area contributed by atoms with Crippen molar-refractivity contribution in [2.45, 2.75) is 32.4 Å². The molecule has 0 bridgehead atoms. The van der Waals surface area contributed by atoms with Gasteiger partial charge in [-0.15, -0.1) is 0 Å². The minimum atomic E-state index is 0.301. The van der Waals surface area contributed by atoms with E-state index in [1.165, 1.54) is 0 Å². The van der Waals surface area contributed by atoms with Crippen molar-refractivity contribution >= 4 is 5.82 Å². The molecule has 1 aliphatic rings. The second kappa shape index (κ2) is 2.96. The molecule has 70 valence electrons. The van der Waals surface area contributed by atoms with Crippen LogP contribution in [0.15, 0.2) is 6.07 Å². The van der Waals surface area contributed by atoms with Crippen LogP contribution in [0.25, 0.3) is 0 Å². The van der Waals surface area contributed by atoms with Crippen LogP contribution in [0, 0.1) is 13.8 Å². The summed E-state index contributed by atoms with van der Waals surface area (Å²) in [5.41, 5.74) is 6.67. The molecule has 0 aliphatic heterocycles. The van der Waals surface area contributed by atoms with E-state index < -0.39 is 0 Å². The van der Waals surface area contributed by atoms with Crippen molar-refractivity contribution in [1.82, 2.24) is 9.97 Å². The summed E-state index contributed by atoms with van der Waals surface area (Å²) in [6.07, 6.45) is 1.04. The molecule has 1 aliphatic carbocycles. The van der Waals surface area contributed by atoms with Crippen LogP contribution in [0.5, 0.6) is 0 Å². The maximum atomic E-state index is 5.68. The lowest BCUT2D eigenvalue weighted by molar-refractivity contribution is 0.963. The quantitative estimate of drug-likeness (QED) is 0.696. The predicted octanol–water partition coefficient (Wildman–Crippen LogP) is 0.605. The second-order valence-electron chi connectivity index (χ2n) is 3.59. The number of aryl methyl sites for hydroxylation is 2. The van der Waals surface area contributed by atoms with Crippen molar-refractivity contribution in [3.63, 3.8) is 0 Å². The topological polar surface area (TPSA) is 63.8 Å². The van der Waals surface area contributed by atoms with Gasteiger partial charge in [0.05, 0.1) is 0 Å². The molecule has 2 unspecified atom stereocenters. The van der Waals surface area contributed by atoms with E-state index in [0.717, 1.165) is 23.8 Å². The van der Waals surface area contributed by atoms with Gasteiger partial charge in [-0.1, -0.05) is 0 Å². The molecule has 1 fully saturated rings. The second-order valence-corrected chi connectivity index (χ2v) is 3.59. The third-order valence-corrected chi connectivity index (χ3v) is 2.14. The van der Waals surface area contributed by atoms with Gasteiger partial charge >= 0.3 is 0 Å². The maximum Gasteiger partial charge on any atom is 0.130 e. The molecule has 0 radical (unpaired) electrons. The third-order valence-electron chi connectivity index (χ3n) is 2.14. The number of nitrogens with two attached hydrogens (primary N) is 1. The number of aromatic nitrogens is 2. The Kier molecular flexibility index (Phi) is 1.92. The zero-order valence-corrected chi connectivity index (χ0v) is 7.91. The fourth-order valence-corrected chi connectivity index (χ4v) is 1.36. The van der Waals surface area contributed by atoms with Crippen molar-refractivity contribution in [3.05, 3.63) is 17.6 Å². The van der Waals surface area contributed by atoms with Crippen LogP contribution >= 0.6 is 0 Å². The lowest BCUT2D eigenvalue weighted by atomic mass is 10.4. The molecule has 0 saturated heterocycles. The van der Waals surface area contributed by atoms with Crippen LogP contribution in [0.2, 0.25) is 0 Å². The van der Waals surface area contributed by atoms with E-state index >= 15 is 0 Å². The first-order chi connectivity index (χ1) is 6.15. The van der Waals surface area contributed by atoms with Crippen LogP contribution in [0.4, 0.5) is 5.82 Å². The molecule has 0 aromatic carbocycles. The zero-order valence-electron chi connectivity index (χ0n) is 7.91. The predicted molar refractivity (Wildman–Crippen MR) is 51.5 cm³/mol. The lowest BCUT2D eigenvalue weighted by Crippen LogP contribution is -2.14. The first-order valence-electron chi connectivity index (χ1n) is 4.49. The molecule has 2 atom stereocenters. The van der Waals surface area contributed by atoms with Gasteiger partial charge in [-0.25, -0.2) is 9.97 Å². The van der Waals surface area contributed by atoms with Gasteiger partial charge in [0.25, 0.3) is 0 Å². The maximum absolute atomic E-state index is 5.68. The van der Waals surface area contributed by atoms with E-state index in [-0.39, 0.29) is 0 Å². The average molecular weight is 178 g/mol. The van der Waals surface area contributed by atoms with E-state index in [4.69, 9.17) is 5.73 Å². The minimum absolute atomic E-state index is 0.301. The summed E-state index contributed by atoms with van der Waals surface area (Å²) in [7, 11) is 0. The minimum Gasteiger partial charge on any atom is -0.366 e. The third kappa shape index (κ3) is 1.95. The summed E-state index contributed by atoms with van der Waals surface area (Å²) in [4.78, 5) is 8.47. The van der Waals surface area contributed by atoms with Gasteiger partial charge in [-0.3, -0.25) is 0 Å². The van der Waals surface area contributed by atoms with Crippen LogP contribution in [-0.2, 0) is 0 Å². The van der Waals surface area contributed by atoms with E-state index in [1.807, 2.05) is 19.9 Å². The molecule has 1 aromatic rings. The van der Waals surface area contributed by atoms with Crippen molar-refractivity contribution < 1.29 is 0 Å². The van der Waals surface area contributed by atoms with Crippen LogP contribution in [-0.4, -0.2) is 22.1 Å². The number of rotatable bonds is 2. The Balaban J connectivity index is 2.11. The smallest absolute Gasteiger partial charge is 0.130 e. The Labute approximate surface area is 77.6 Å². The first kappa shape index (κ1) is 8.44. The van der Waals surface area contributed by atoms with Crippen molar-refractivity contribution in [2.24, 2.45) is 5.73 Å². The van der Waals surface area contributed by atoms with E-state index in [2.05, 4.69) is 15.3 Å². The monoisotopic (exact) mass is 178 g/mol.